The molecule has 0 atom stereocenters. The van der Waals surface area contributed by atoms with Gasteiger partial charge in [0.2, 0.25) is 11.1 Å². The molecule has 0 saturated heterocycles. The van der Waals surface area contributed by atoms with E-state index in [9.17, 15) is 10.1 Å². The first-order valence-corrected chi connectivity index (χ1v) is 5.27. The number of rotatable bonds is 4. The summed E-state index contributed by atoms with van der Waals surface area (Å²) < 4.78 is 4.65. The normalized spacial score (nSPS) is 10.3. The topological polar surface area (TPSA) is 107 Å². The number of nitrogens with zero attached hydrogens (tertiary/aromatic N) is 4. The van der Waals surface area contributed by atoms with Gasteiger partial charge in [-0.3, -0.25) is 10.1 Å². The summed E-state index contributed by atoms with van der Waals surface area (Å²) in [6.07, 6.45) is 1.41. The maximum atomic E-state index is 10.9. The highest BCUT2D eigenvalue weighted by Gasteiger charge is 2.21. The van der Waals surface area contributed by atoms with Crippen molar-refractivity contribution in [2.45, 2.75) is 13.5 Å². The lowest BCUT2D eigenvalue weighted by molar-refractivity contribution is -0.385. The molecule has 0 saturated carbocycles. The molecule has 0 unspecified atom stereocenters. The summed E-state index contributed by atoms with van der Waals surface area (Å²) >= 11 is 5.67. The summed E-state index contributed by atoms with van der Waals surface area (Å²) in [5, 5.41) is 17.3. The van der Waals surface area contributed by atoms with E-state index in [0.717, 1.165) is 0 Å². The van der Waals surface area contributed by atoms with Gasteiger partial charge in [0.05, 0.1) is 11.5 Å². The van der Waals surface area contributed by atoms with Crippen LogP contribution in [0.3, 0.4) is 0 Å². The Labute approximate surface area is 106 Å². The lowest BCUT2D eigenvalue weighted by Gasteiger charge is -2.06. The number of aryl methyl sites for hydroxylation is 1. The minimum absolute atomic E-state index is 0.0549. The molecular weight excluding hydrogens is 262 g/mol. The Bertz CT molecular complexity index is 572. The van der Waals surface area contributed by atoms with E-state index in [1.807, 2.05) is 0 Å². The van der Waals surface area contributed by atoms with Gasteiger partial charge in [-0.05, 0) is 18.5 Å². The molecule has 8 nitrogen and oxygen atoms in total. The van der Waals surface area contributed by atoms with Crippen molar-refractivity contribution in [1.82, 2.24) is 15.1 Å². The number of hydrogen-bond acceptors (Lipinski definition) is 7. The van der Waals surface area contributed by atoms with Crippen molar-refractivity contribution >= 4 is 23.1 Å². The average molecular weight is 270 g/mol. The molecule has 94 valence electrons. The van der Waals surface area contributed by atoms with Gasteiger partial charge < -0.3 is 9.84 Å². The Hall–Kier alpha value is -2.22. The zero-order valence-electron chi connectivity index (χ0n) is 9.25. The fraction of sp³-hybridized carbons (Fsp3) is 0.222. The molecule has 2 aromatic heterocycles. The molecule has 0 amide bonds. The van der Waals surface area contributed by atoms with Gasteiger partial charge in [-0.1, -0.05) is 5.16 Å². The van der Waals surface area contributed by atoms with E-state index in [2.05, 4.69) is 25.0 Å². The van der Waals surface area contributed by atoms with Crippen LogP contribution in [0.1, 0.15) is 11.4 Å². The summed E-state index contributed by atoms with van der Waals surface area (Å²) in [5.74, 6) is 0.0560. The molecule has 0 bridgehead atoms. The lowest BCUT2D eigenvalue weighted by atomic mass is 10.3. The number of nitrogens with one attached hydrogen (secondary N) is 1. The molecule has 0 spiro atoms. The number of nitro groups is 1. The van der Waals surface area contributed by atoms with E-state index < -0.39 is 4.92 Å². The summed E-state index contributed by atoms with van der Waals surface area (Å²) in [6, 6.07) is 1.63. The molecule has 2 heterocycles. The second kappa shape index (κ2) is 4.96. The maximum absolute atomic E-state index is 10.9. The Morgan fingerprint density at radius 2 is 2.33 bits per heavy atom. The minimum atomic E-state index is -0.559. The first-order chi connectivity index (χ1) is 8.58. The van der Waals surface area contributed by atoms with E-state index in [-0.39, 0.29) is 29.0 Å². The van der Waals surface area contributed by atoms with Crippen molar-refractivity contribution in [2.24, 2.45) is 0 Å². The third kappa shape index (κ3) is 2.54. The molecule has 0 fully saturated rings. The number of hydrogen-bond donors (Lipinski definition) is 1. The van der Waals surface area contributed by atoms with Crippen molar-refractivity contribution in [1.29, 1.82) is 0 Å². The lowest BCUT2D eigenvalue weighted by Crippen LogP contribution is -2.07. The van der Waals surface area contributed by atoms with E-state index in [1.54, 1.807) is 6.07 Å². The maximum Gasteiger partial charge on any atom is 0.332 e. The van der Waals surface area contributed by atoms with Gasteiger partial charge in [0, 0.05) is 6.07 Å². The highest BCUT2D eigenvalue weighted by molar-refractivity contribution is 6.28. The second-order valence-corrected chi connectivity index (χ2v) is 3.71. The van der Waals surface area contributed by atoms with Gasteiger partial charge in [0.1, 0.15) is 17.7 Å². The fourth-order valence-corrected chi connectivity index (χ4v) is 1.59. The van der Waals surface area contributed by atoms with Crippen LogP contribution in [0.25, 0.3) is 0 Å². The molecule has 18 heavy (non-hydrogen) atoms. The standard InChI is InChI=1S/C9H8ClN5O3/c1-5-7(15(16)17)8(13-9(10)12-5)11-4-6-2-3-18-14-6/h2-3H,4H2,1H3,(H,11,12,13). The highest BCUT2D eigenvalue weighted by Crippen LogP contribution is 2.26. The van der Waals surface area contributed by atoms with Gasteiger partial charge in [-0.15, -0.1) is 0 Å². The predicted molar refractivity (Wildman–Crippen MR) is 62.3 cm³/mol. The molecule has 2 rings (SSSR count). The average Bonchev–Trinajstić information content (AvgIpc) is 2.77. The van der Waals surface area contributed by atoms with Crippen LogP contribution in [0.15, 0.2) is 16.9 Å². The molecule has 0 aliphatic carbocycles. The first-order valence-electron chi connectivity index (χ1n) is 4.89. The van der Waals surface area contributed by atoms with Crippen LogP contribution in [0.4, 0.5) is 11.5 Å². The highest BCUT2D eigenvalue weighted by atomic mass is 35.5. The SMILES string of the molecule is Cc1nc(Cl)nc(NCc2ccon2)c1[N+](=O)[O-]. The van der Waals surface area contributed by atoms with Crippen molar-refractivity contribution < 1.29 is 9.45 Å². The molecule has 0 aliphatic rings. The fourth-order valence-electron chi connectivity index (χ4n) is 1.38. The number of halogens is 1. The number of aromatic nitrogens is 3. The zero-order chi connectivity index (χ0) is 13.1. The molecule has 0 aromatic carbocycles. The van der Waals surface area contributed by atoms with Crippen LogP contribution in [0, 0.1) is 17.0 Å². The Kier molecular flexibility index (Phi) is 3.38. The largest absolute Gasteiger partial charge is 0.364 e. The molecular formula is C9H8ClN5O3. The third-order valence-electron chi connectivity index (χ3n) is 2.14. The van der Waals surface area contributed by atoms with Crippen LogP contribution in [-0.2, 0) is 6.54 Å². The van der Waals surface area contributed by atoms with Gasteiger partial charge in [-0.2, -0.15) is 4.98 Å². The van der Waals surface area contributed by atoms with Crippen LogP contribution >= 0.6 is 11.6 Å². The molecule has 1 N–H and O–H groups in total. The summed E-state index contributed by atoms with van der Waals surface area (Å²) in [4.78, 5) is 17.9. The molecule has 9 heteroatoms. The van der Waals surface area contributed by atoms with Crippen LogP contribution in [0.5, 0.6) is 0 Å². The quantitative estimate of drug-likeness (QED) is 0.513. The third-order valence-corrected chi connectivity index (χ3v) is 2.31. The van der Waals surface area contributed by atoms with Crippen molar-refractivity contribution in [3.8, 4) is 0 Å². The van der Waals surface area contributed by atoms with E-state index in [4.69, 9.17) is 11.6 Å². The van der Waals surface area contributed by atoms with E-state index in [1.165, 1.54) is 13.2 Å². The molecule has 0 aliphatic heterocycles. The summed E-state index contributed by atoms with van der Waals surface area (Å²) in [7, 11) is 0. The Morgan fingerprint density at radius 3 is 2.94 bits per heavy atom. The van der Waals surface area contributed by atoms with E-state index >= 15 is 0 Å². The summed E-state index contributed by atoms with van der Waals surface area (Å²) in [5.41, 5.74) is 0.585. The van der Waals surface area contributed by atoms with Gasteiger partial charge >= 0.3 is 5.69 Å². The Morgan fingerprint density at radius 1 is 1.56 bits per heavy atom. The van der Waals surface area contributed by atoms with Crippen LogP contribution in [-0.4, -0.2) is 20.0 Å². The molecule has 0 radical (unpaired) electrons. The summed E-state index contributed by atoms with van der Waals surface area (Å²) in [6.45, 7) is 1.73. The number of anilines is 1. The minimum Gasteiger partial charge on any atom is -0.364 e. The molecule has 2 aromatic rings. The van der Waals surface area contributed by atoms with Crippen LogP contribution < -0.4 is 5.32 Å². The van der Waals surface area contributed by atoms with Gasteiger partial charge in [0.15, 0.2) is 0 Å². The monoisotopic (exact) mass is 269 g/mol. The van der Waals surface area contributed by atoms with Gasteiger partial charge in [0.25, 0.3) is 0 Å². The van der Waals surface area contributed by atoms with E-state index in [0.29, 0.717) is 5.69 Å². The van der Waals surface area contributed by atoms with Crippen LogP contribution in [0.2, 0.25) is 5.28 Å². The predicted octanol–water partition coefficient (Wildman–Crippen LogP) is 1.95. The van der Waals surface area contributed by atoms with Crippen molar-refractivity contribution in [2.75, 3.05) is 5.32 Å². The smallest absolute Gasteiger partial charge is 0.332 e. The van der Waals surface area contributed by atoms with Crippen molar-refractivity contribution in [3.63, 3.8) is 0 Å². The second-order valence-electron chi connectivity index (χ2n) is 3.38. The Balaban J connectivity index is 2.28. The van der Waals surface area contributed by atoms with Gasteiger partial charge in [-0.25, -0.2) is 4.98 Å². The first kappa shape index (κ1) is 12.2. The zero-order valence-corrected chi connectivity index (χ0v) is 10.0. The van der Waals surface area contributed by atoms with Crippen molar-refractivity contribution in [3.05, 3.63) is 39.1 Å².